The standard InChI is InChI=1S/C21H21N5O3S2/c1-29-17-10-6-15(7-11-17)23-20-24-25-21(31-20)30-13-18(27)22-14-4-8-16(9-5-14)26-12-2-3-19(26)28/h4-11H,2-3,12-13H2,1H3,(H,22,27)(H,23,24). The van der Waals surface area contributed by atoms with Crippen LogP contribution in [-0.4, -0.2) is 41.4 Å². The summed E-state index contributed by atoms with van der Waals surface area (Å²) < 4.78 is 5.85. The van der Waals surface area contributed by atoms with Crippen LogP contribution in [0.15, 0.2) is 52.9 Å². The summed E-state index contributed by atoms with van der Waals surface area (Å²) >= 11 is 2.71. The van der Waals surface area contributed by atoms with E-state index < -0.39 is 0 Å². The molecule has 2 amide bonds. The summed E-state index contributed by atoms with van der Waals surface area (Å²) in [6, 6.07) is 14.8. The van der Waals surface area contributed by atoms with Gasteiger partial charge in [-0.25, -0.2) is 0 Å². The van der Waals surface area contributed by atoms with Gasteiger partial charge in [-0.05, 0) is 55.0 Å². The van der Waals surface area contributed by atoms with E-state index in [1.165, 1.54) is 23.1 Å². The largest absolute Gasteiger partial charge is 0.497 e. The first-order valence-electron chi connectivity index (χ1n) is 9.68. The highest BCUT2D eigenvalue weighted by Crippen LogP contribution is 2.28. The van der Waals surface area contributed by atoms with Crippen LogP contribution >= 0.6 is 23.1 Å². The SMILES string of the molecule is COc1ccc(Nc2nnc(SCC(=O)Nc3ccc(N4CCCC4=O)cc3)s2)cc1. The Balaban J connectivity index is 1.25. The molecule has 31 heavy (non-hydrogen) atoms. The molecule has 0 spiro atoms. The molecule has 0 saturated carbocycles. The van der Waals surface area contributed by atoms with Gasteiger partial charge in [-0.3, -0.25) is 9.59 Å². The minimum Gasteiger partial charge on any atom is -0.497 e. The Kier molecular flexibility index (Phi) is 6.68. The molecule has 4 rings (SSSR count). The number of carbonyl (C=O) groups is 2. The van der Waals surface area contributed by atoms with Crippen LogP contribution in [0.1, 0.15) is 12.8 Å². The maximum atomic E-state index is 12.3. The molecule has 1 aromatic heterocycles. The van der Waals surface area contributed by atoms with Crippen molar-refractivity contribution in [2.24, 2.45) is 0 Å². The molecule has 2 aromatic carbocycles. The molecule has 2 heterocycles. The molecular weight excluding hydrogens is 434 g/mol. The fourth-order valence-electron chi connectivity index (χ4n) is 3.09. The molecule has 0 atom stereocenters. The van der Waals surface area contributed by atoms with Crippen LogP contribution in [0, 0.1) is 0 Å². The minimum atomic E-state index is -0.130. The van der Waals surface area contributed by atoms with E-state index in [4.69, 9.17) is 4.74 Å². The van der Waals surface area contributed by atoms with Gasteiger partial charge < -0.3 is 20.3 Å². The lowest BCUT2D eigenvalue weighted by Gasteiger charge is -2.16. The lowest BCUT2D eigenvalue weighted by molar-refractivity contribution is -0.117. The summed E-state index contributed by atoms with van der Waals surface area (Å²) in [7, 11) is 1.62. The Bertz CT molecular complexity index is 1050. The van der Waals surface area contributed by atoms with E-state index in [0.717, 1.165) is 30.1 Å². The van der Waals surface area contributed by atoms with Crippen LogP contribution in [0.2, 0.25) is 0 Å². The maximum Gasteiger partial charge on any atom is 0.234 e. The number of anilines is 4. The van der Waals surface area contributed by atoms with Crippen LogP contribution < -0.4 is 20.3 Å². The van der Waals surface area contributed by atoms with Crippen LogP contribution in [0.3, 0.4) is 0 Å². The number of amides is 2. The number of nitrogens with one attached hydrogen (secondary N) is 2. The van der Waals surface area contributed by atoms with Crippen molar-refractivity contribution in [1.29, 1.82) is 0 Å². The number of hydrogen-bond donors (Lipinski definition) is 2. The van der Waals surface area contributed by atoms with Gasteiger partial charge in [-0.15, -0.1) is 10.2 Å². The normalized spacial score (nSPS) is 13.3. The smallest absolute Gasteiger partial charge is 0.234 e. The molecule has 10 heteroatoms. The molecule has 0 bridgehead atoms. The highest BCUT2D eigenvalue weighted by molar-refractivity contribution is 8.01. The van der Waals surface area contributed by atoms with Crippen molar-refractivity contribution in [3.8, 4) is 5.75 Å². The topological polar surface area (TPSA) is 96.4 Å². The molecule has 3 aromatic rings. The zero-order chi connectivity index (χ0) is 21.6. The molecule has 0 aliphatic carbocycles. The van der Waals surface area contributed by atoms with E-state index in [-0.39, 0.29) is 17.6 Å². The molecule has 160 valence electrons. The lowest BCUT2D eigenvalue weighted by atomic mass is 10.2. The first-order chi connectivity index (χ1) is 15.1. The summed E-state index contributed by atoms with van der Waals surface area (Å²) in [5.41, 5.74) is 2.44. The Hall–Kier alpha value is -3.11. The number of aromatic nitrogens is 2. The molecular formula is C21H21N5O3S2. The van der Waals surface area contributed by atoms with Gasteiger partial charge in [-0.2, -0.15) is 0 Å². The third-order valence-corrected chi connectivity index (χ3v) is 6.58. The van der Waals surface area contributed by atoms with Gasteiger partial charge in [0.25, 0.3) is 0 Å². The Morgan fingerprint density at radius 1 is 1.13 bits per heavy atom. The number of benzene rings is 2. The van der Waals surface area contributed by atoms with Gasteiger partial charge in [0.15, 0.2) is 4.34 Å². The average Bonchev–Trinajstić information content (AvgIpc) is 3.42. The third-order valence-electron chi connectivity index (χ3n) is 4.61. The van der Waals surface area contributed by atoms with E-state index in [1.807, 2.05) is 48.5 Å². The first kappa shape index (κ1) is 21.1. The van der Waals surface area contributed by atoms with Crippen molar-refractivity contribution < 1.29 is 14.3 Å². The second kappa shape index (κ2) is 9.80. The predicted molar refractivity (Wildman–Crippen MR) is 124 cm³/mol. The fraction of sp³-hybridized carbons (Fsp3) is 0.238. The second-order valence-corrected chi connectivity index (χ2v) is 8.96. The van der Waals surface area contributed by atoms with Crippen molar-refractivity contribution in [2.75, 3.05) is 34.9 Å². The Morgan fingerprint density at radius 2 is 1.87 bits per heavy atom. The van der Waals surface area contributed by atoms with Gasteiger partial charge >= 0.3 is 0 Å². The monoisotopic (exact) mass is 455 g/mol. The van der Waals surface area contributed by atoms with Gasteiger partial charge in [0.2, 0.25) is 16.9 Å². The number of ether oxygens (including phenoxy) is 1. The maximum absolute atomic E-state index is 12.3. The van der Waals surface area contributed by atoms with E-state index in [1.54, 1.807) is 12.0 Å². The van der Waals surface area contributed by atoms with Gasteiger partial charge in [0, 0.05) is 30.0 Å². The van der Waals surface area contributed by atoms with E-state index in [9.17, 15) is 9.59 Å². The van der Waals surface area contributed by atoms with E-state index in [0.29, 0.717) is 21.6 Å². The summed E-state index contributed by atoms with van der Waals surface area (Å²) in [5.74, 6) is 1.02. The molecule has 1 fully saturated rings. The van der Waals surface area contributed by atoms with Crippen molar-refractivity contribution in [3.63, 3.8) is 0 Å². The first-order valence-corrected chi connectivity index (χ1v) is 11.5. The Labute approximate surface area is 188 Å². The highest BCUT2D eigenvalue weighted by Gasteiger charge is 2.21. The number of thioether (sulfide) groups is 1. The summed E-state index contributed by atoms with van der Waals surface area (Å²) in [6.45, 7) is 0.748. The van der Waals surface area contributed by atoms with Crippen LogP contribution in [0.25, 0.3) is 0 Å². The number of methoxy groups -OCH3 is 1. The quantitative estimate of drug-likeness (QED) is 0.493. The third kappa shape index (κ3) is 5.53. The Morgan fingerprint density at radius 3 is 2.55 bits per heavy atom. The summed E-state index contributed by atoms with van der Waals surface area (Å²) in [6.07, 6.45) is 1.48. The second-order valence-electron chi connectivity index (χ2n) is 6.76. The number of carbonyl (C=O) groups excluding carboxylic acids is 2. The van der Waals surface area contributed by atoms with E-state index in [2.05, 4.69) is 20.8 Å². The van der Waals surface area contributed by atoms with Gasteiger partial charge in [0.05, 0.1) is 12.9 Å². The average molecular weight is 456 g/mol. The van der Waals surface area contributed by atoms with Crippen LogP contribution in [-0.2, 0) is 9.59 Å². The van der Waals surface area contributed by atoms with E-state index >= 15 is 0 Å². The van der Waals surface area contributed by atoms with Crippen molar-refractivity contribution in [2.45, 2.75) is 17.2 Å². The molecule has 2 N–H and O–H groups in total. The van der Waals surface area contributed by atoms with Gasteiger partial charge in [0.1, 0.15) is 5.75 Å². The number of rotatable bonds is 8. The zero-order valence-corrected chi connectivity index (χ0v) is 18.5. The van der Waals surface area contributed by atoms with Crippen LogP contribution in [0.5, 0.6) is 5.75 Å². The lowest BCUT2D eigenvalue weighted by Crippen LogP contribution is -2.23. The molecule has 8 nitrogen and oxygen atoms in total. The highest BCUT2D eigenvalue weighted by atomic mass is 32.2. The molecule has 1 saturated heterocycles. The molecule has 0 radical (unpaired) electrons. The van der Waals surface area contributed by atoms with Gasteiger partial charge in [-0.1, -0.05) is 23.1 Å². The number of nitrogens with zero attached hydrogens (tertiary/aromatic N) is 3. The summed E-state index contributed by atoms with van der Waals surface area (Å²) in [5, 5.41) is 14.9. The summed E-state index contributed by atoms with van der Waals surface area (Å²) in [4.78, 5) is 25.9. The molecule has 0 unspecified atom stereocenters. The van der Waals surface area contributed by atoms with Crippen LogP contribution in [0.4, 0.5) is 22.2 Å². The zero-order valence-electron chi connectivity index (χ0n) is 16.8. The fourth-order valence-corrected chi connectivity index (χ4v) is 4.66. The minimum absolute atomic E-state index is 0.130. The van der Waals surface area contributed by atoms with Crippen molar-refractivity contribution in [3.05, 3.63) is 48.5 Å². The predicted octanol–water partition coefficient (Wildman–Crippen LogP) is 4.15. The molecule has 1 aliphatic heterocycles. The van der Waals surface area contributed by atoms with Crippen molar-refractivity contribution in [1.82, 2.24) is 10.2 Å². The number of hydrogen-bond acceptors (Lipinski definition) is 8. The van der Waals surface area contributed by atoms with Crippen molar-refractivity contribution >= 4 is 57.1 Å². The molecule has 1 aliphatic rings.